The number of aliphatic imine (C=N–C) groups is 1. The van der Waals surface area contributed by atoms with E-state index in [9.17, 15) is 14.4 Å². The van der Waals surface area contributed by atoms with Gasteiger partial charge in [0.05, 0.1) is 33.4 Å². The quantitative estimate of drug-likeness (QED) is 0.0819. The fourth-order valence-electron chi connectivity index (χ4n) is 5.31. The predicted octanol–water partition coefficient (Wildman–Crippen LogP) is 9.74. The number of benzene rings is 4. The van der Waals surface area contributed by atoms with Crippen LogP contribution in [0.25, 0.3) is 6.08 Å². The second-order valence-electron chi connectivity index (χ2n) is 11.4. The number of methoxy groups -OCH3 is 1. The Hall–Kier alpha value is -4.87. The number of nitrogens with zero attached hydrogens (tertiary/aromatic N) is 2. The molecule has 0 bridgehead atoms. The van der Waals surface area contributed by atoms with Crippen LogP contribution in [0.15, 0.2) is 143 Å². The van der Waals surface area contributed by atoms with Crippen molar-refractivity contribution in [1.82, 2.24) is 10.2 Å². The van der Waals surface area contributed by atoms with Crippen molar-refractivity contribution in [2.75, 3.05) is 12.9 Å². The summed E-state index contributed by atoms with van der Waals surface area (Å²) in [5.74, 6) is -1.02. The third kappa shape index (κ3) is 9.97. The summed E-state index contributed by atoms with van der Waals surface area (Å²) in [6, 6.07) is 27.4. The molecule has 0 aliphatic carbocycles. The summed E-state index contributed by atoms with van der Waals surface area (Å²) in [5, 5.41) is 4.00. The van der Waals surface area contributed by atoms with E-state index in [1.165, 1.54) is 18.1 Å². The minimum Gasteiger partial charge on any atom is -0.493 e. The summed E-state index contributed by atoms with van der Waals surface area (Å²) in [7, 11) is 1.49. The molecule has 12 heteroatoms. The molecule has 0 unspecified atom stereocenters. The Labute approximate surface area is 331 Å². The van der Waals surface area contributed by atoms with Gasteiger partial charge in [-0.15, -0.1) is 0 Å². The molecule has 0 saturated heterocycles. The molecule has 0 spiro atoms. The fraction of sp³-hybridized carbons (Fsp3) is 0.122. The lowest BCUT2D eigenvalue weighted by atomic mass is 9.99. The Morgan fingerprint density at radius 2 is 1.68 bits per heavy atom. The molecule has 4 aromatic rings. The first-order valence-electron chi connectivity index (χ1n) is 16.2. The van der Waals surface area contributed by atoms with E-state index in [-0.39, 0.29) is 29.0 Å². The van der Waals surface area contributed by atoms with Crippen molar-refractivity contribution >= 4 is 79.9 Å². The normalized spacial score (nSPS) is 14.2. The molecule has 0 radical (unpaired) electrons. The van der Waals surface area contributed by atoms with Crippen molar-refractivity contribution in [3.05, 3.63) is 170 Å². The van der Waals surface area contributed by atoms with E-state index in [2.05, 4.69) is 32.8 Å². The molecule has 1 aliphatic rings. The number of allylic oxidation sites excluding steroid dienone is 4. The first-order valence-corrected chi connectivity index (χ1v) is 18.8. The standard InChI is InChI=1S/C41H34BrCl2N3O5S/c1-4-6-17-30(5-2)47-40(50)31(20-27-21-32(42)38(35(23-27)51-3)52-24-26-18-19-33(43)34(44)22-26)39(49)46-41(47)53-25-36(48)45-37(28-13-9-7-10-14-28)29-15-11-8-12-16-29/h4-23,37H,1,24-25H2,2-3H3,(H,45,48)/b17-6-,30-5+,31-20+. The van der Waals surface area contributed by atoms with Gasteiger partial charge in [-0.1, -0.05) is 127 Å². The predicted molar refractivity (Wildman–Crippen MR) is 217 cm³/mol. The van der Waals surface area contributed by atoms with Crippen LogP contribution in [0.1, 0.15) is 35.2 Å². The molecule has 4 aromatic carbocycles. The average molecular weight is 832 g/mol. The van der Waals surface area contributed by atoms with Gasteiger partial charge in [0.1, 0.15) is 12.2 Å². The summed E-state index contributed by atoms with van der Waals surface area (Å²) in [4.78, 5) is 46.8. The molecule has 5 rings (SSSR count). The summed E-state index contributed by atoms with van der Waals surface area (Å²) < 4.78 is 12.2. The van der Waals surface area contributed by atoms with Crippen LogP contribution in [-0.2, 0) is 21.0 Å². The molecular weight excluding hydrogens is 797 g/mol. The Morgan fingerprint density at radius 1 is 1.00 bits per heavy atom. The molecule has 8 nitrogen and oxygen atoms in total. The number of nitrogens with one attached hydrogen (secondary N) is 1. The van der Waals surface area contributed by atoms with Gasteiger partial charge in [-0.05, 0) is 81.5 Å². The number of amides is 3. The molecule has 270 valence electrons. The summed E-state index contributed by atoms with van der Waals surface area (Å²) in [6.45, 7) is 5.66. The molecule has 0 fully saturated rings. The lowest BCUT2D eigenvalue weighted by Crippen LogP contribution is -2.42. The highest BCUT2D eigenvalue weighted by Crippen LogP contribution is 2.38. The molecule has 0 atom stereocenters. The number of rotatable bonds is 13. The highest BCUT2D eigenvalue weighted by Gasteiger charge is 2.35. The average Bonchev–Trinajstić information content (AvgIpc) is 3.17. The van der Waals surface area contributed by atoms with Gasteiger partial charge in [-0.3, -0.25) is 19.3 Å². The number of halogens is 3. The lowest BCUT2D eigenvalue weighted by molar-refractivity contribution is -0.126. The van der Waals surface area contributed by atoms with Crippen molar-refractivity contribution in [3.8, 4) is 11.5 Å². The number of thioether (sulfide) groups is 1. The van der Waals surface area contributed by atoms with Gasteiger partial charge in [-0.2, -0.15) is 4.99 Å². The number of hydrogen-bond donors (Lipinski definition) is 1. The molecule has 1 aliphatic heterocycles. The summed E-state index contributed by atoms with van der Waals surface area (Å²) in [5.41, 5.74) is 3.35. The lowest BCUT2D eigenvalue weighted by Gasteiger charge is -2.28. The van der Waals surface area contributed by atoms with Gasteiger partial charge >= 0.3 is 0 Å². The Balaban J connectivity index is 1.41. The van der Waals surface area contributed by atoms with E-state index in [1.807, 2.05) is 60.7 Å². The van der Waals surface area contributed by atoms with Crippen LogP contribution in [0.5, 0.6) is 11.5 Å². The molecule has 0 aromatic heterocycles. The van der Waals surface area contributed by atoms with Crippen LogP contribution < -0.4 is 14.8 Å². The third-order valence-electron chi connectivity index (χ3n) is 7.84. The van der Waals surface area contributed by atoms with Crippen LogP contribution in [0.4, 0.5) is 0 Å². The van der Waals surface area contributed by atoms with Crippen LogP contribution in [-0.4, -0.2) is 40.7 Å². The van der Waals surface area contributed by atoms with Gasteiger partial charge in [0, 0.05) is 5.70 Å². The zero-order valence-electron chi connectivity index (χ0n) is 28.7. The monoisotopic (exact) mass is 829 g/mol. The van der Waals surface area contributed by atoms with E-state index in [0.717, 1.165) is 28.5 Å². The molecule has 1 heterocycles. The smallest absolute Gasteiger partial charge is 0.285 e. The minimum absolute atomic E-state index is 0.0647. The Kier molecular flexibility index (Phi) is 13.9. The zero-order valence-corrected chi connectivity index (χ0v) is 32.6. The van der Waals surface area contributed by atoms with Gasteiger partial charge in [0.15, 0.2) is 16.7 Å². The van der Waals surface area contributed by atoms with E-state index in [1.54, 1.807) is 61.6 Å². The van der Waals surface area contributed by atoms with Gasteiger partial charge < -0.3 is 14.8 Å². The molecule has 1 N–H and O–H groups in total. The van der Waals surface area contributed by atoms with Gasteiger partial charge in [0.25, 0.3) is 11.8 Å². The summed E-state index contributed by atoms with van der Waals surface area (Å²) in [6.07, 6.45) is 8.07. The number of carbonyl (C=O) groups is 3. The minimum atomic E-state index is -0.751. The first kappa shape index (κ1) is 39.3. The van der Waals surface area contributed by atoms with E-state index in [0.29, 0.717) is 37.3 Å². The summed E-state index contributed by atoms with van der Waals surface area (Å²) >= 11 is 16.7. The maximum absolute atomic E-state index is 14.2. The van der Waals surface area contributed by atoms with Crippen LogP contribution in [0, 0.1) is 0 Å². The maximum Gasteiger partial charge on any atom is 0.285 e. The van der Waals surface area contributed by atoms with Crippen LogP contribution in [0.2, 0.25) is 10.0 Å². The van der Waals surface area contributed by atoms with E-state index in [4.69, 9.17) is 32.7 Å². The largest absolute Gasteiger partial charge is 0.493 e. The highest BCUT2D eigenvalue weighted by atomic mass is 79.9. The van der Waals surface area contributed by atoms with Crippen molar-refractivity contribution in [2.24, 2.45) is 4.99 Å². The number of ether oxygens (including phenoxy) is 2. The number of carbonyl (C=O) groups excluding carboxylic acids is 3. The van der Waals surface area contributed by atoms with Crippen molar-refractivity contribution in [1.29, 1.82) is 0 Å². The van der Waals surface area contributed by atoms with Crippen molar-refractivity contribution in [3.63, 3.8) is 0 Å². The molecule has 0 saturated carbocycles. The van der Waals surface area contributed by atoms with Gasteiger partial charge in [-0.25, -0.2) is 0 Å². The Morgan fingerprint density at radius 3 is 2.28 bits per heavy atom. The Bertz CT molecular complexity index is 2100. The molecule has 53 heavy (non-hydrogen) atoms. The topological polar surface area (TPSA) is 97.3 Å². The maximum atomic E-state index is 14.2. The SMILES string of the molecule is C=C/C=C\C(=C/C)N1C(=O)/C(=C/c2cc(Br)c(OCc3ccc(Cl)c(Cl)c3)c(OC)c2)C(=O)N=C1SCC(=O)NC(c1ccccc1)c1ccccc1. The molecule has 3 amide bonds. The second-order valence-corrected chi connectivity index (χ2v) is 14.0. The van der Waals surface area contributed by atoms with Crippen molar-refractivity contribution in [2.45, 2.75) is 19.6 Å². The van der Waals surface area contributed by atoms with Crippen molar-refractivity contribution < 1.29 is 23.9 Å². The second kappa shape index (κ2) is 18.8. The fourth-order valence-corrected chi connectivity index (χ4v) is 7.01. The van der Waals surface area contributed by atoms with Crippen LogP contribution in [0.3, 0.4) is 0 Å². The van der Waals surface area contributed by atoms with E-state index < -0.39 is 17.9 Å². The van der Waals surface area contributed by atoms with Gasteiger partial charge in [0.2, 0.25) is 5.91 Å². The highest BCUT2D eigenvalue weighted by molar-refractivity contribution is 9.10. The third-order valence-corrected chi connectivity index (χ3v) is 10.1. The number of amidine groups is 1. The van der Waals surface area contributed by atoms with Crippen LogP contribution >= 0.6 is 50.9 Å². The number of hydrogen-bond acceptors (Lipinski definition) is 6. The zero-order chi connectivity index (χ0) is 37.9. The molecular formula is C41H34BrCl2N3O5S. The first-order chi connectivity index (χ1) is 25.6. The van der Waals surface area contributed by atoms with E-state index >= 15 is 0 Å².